The third kappa shape index (κ3) is 6.31. The topological polar surface area (TPSA) is 78.8 Å². The number of amides is 1. The van der Waals surface area contributed by atoms with Gasteiger partial charge < -0.3 is 20.3 Å². The Labute approximate surface area is 180 Å². The summed E-state index contributed by atoms with van der Waals surface area (Å²) >= 11 is 0. The highest BCUT2D eigenvalue weighted by Crippen LogP contribution is 2.29. The molecule has 5 heteroatoms. The van der Waals surface area contributed by atoms with Gasteiger partial charge in [-0.15, -0.1) is 0 Å². The van der Waals surface area contributed by atoms with Gasteiger partial charge in [-0.3, -0.25) is 4.79 Å². The monoisotopic (exact) mass is 413 g/mol. The van der Waals surface area contributed by atoms with Crippen LogP contribution in [0.4, 0.5) is 0 Å². The van der Waals surface area contributed by atoms with Crippen molar-refractivity contribution in [2.24, 2.45) is 5.92 Å². The standard InChI is InChI=1S/C25H35NO4/c1-6-10-18(2)17-30-21-15-13-19(14-16-21)22(24(3,4)28)26-23(27)25(5,29)20-11-8-7-9-12-20/h7-9,11-16,18,22,28-29H,6,10,17H2,1-5H3,(H,26,27)/t18?,22-,25+/m1/s1. The number of benzene rings is 2. The van der Waals surface area contributed by atoms with Gasteiger partial charge in [-0.05, 0) is 56.4 Å². The first kappa shape index (κ1) is 23.9. The van der Waals surface area contributed by atoms with Gasteiger partial charge in [-0.2, -0.15) is 0 Å². The fourth-order valence-corrected chi connectivity index (χ4v) is 3.40. The maximum atomic E-state index is 12.9. The van der Waals surface area contributed by atoms with Crippen LogP contribution in [0.5, 0.6) is 5.75 Å². The zero-order chi connectivity index (χ0) is 22.4. The average molecular weight is 414 g/mol. The van der Waals surface area contributed by atoms with E-state index < -0.39 is 23.2 Å². The Morgan fingerprint density at radius 2 is 1.63 bits per heavy atom. The smallest absolute Gasteiger partial charge is 0.256 e. The number of carbonyl (C=O) groups is 1. The second-order valence-corrected chi connectivity index (χ2v) is 8.77. The molecule has 0 saturated heterocycles. The molecule has 2 aromatic carbocycles. The molecule has 0 radical (unpaired) electrons. The molecule has 0 spiro atoms. The van der Waals surface area contributed by atoms with Crippen molar-refractivity contribution in [1.29, 1.82) is 0 Å². The Bertz CT molecular complexity index is 794. The Morgan fingerprint density at radius 3 is 2.17 bits per heavy atom. The van der Waals surface area contributed by atoms with Gasteiger partial charge in [0.1, 0.15) is 5.75 Å². The number of nitrogens with one attached hydrogen (secondary N) is 1. The van der Waals surface area contributed by atoms with E-state index in [1.807, 2.05) is 30.3 Å². The van der Waals surface area contributed by atoms with Gasteiger partial charge in [0, 0.05) is 0 Å². The second-order valence-electron chi connectivity index (χ2n) is 8.77. The molecule has 164 valence electrons. The normalized spacial score (nSPS) is 15.7. The van der Waals surface area contributed by atoms with Crippen LogP contribution in [0.2, 0.25) is 0 Å². The molecule has 0 heterocycles. The van der Waals surface area contributed by atoms with E-state index in [1.54, 1.807) is 38.1 Å². The van der Waals surface area contributed by atoms with Crippen molar-refractivity contribution in [2.75, 3.05) is 6.61 Å². The fraction of sp³-hybridized carbons (Fsp3) is 0.480. The van der Waals surface area contributed by atoms with Gasteiger partial charge in [-0.25, -0.2) is 0 Å². The number of hydrogen-bond acceptors (Lipinski definition) is 4. The molecule has 1 unspecified atom stereocenters. The number of ether oxygens (including phenoxy) is 1. The Balaban J connectivity index is 2.15. The molecule has 0 aliphatic rings. The first-order valence-corrected chi connectivity index (χ1v) is 10.6. The number of hydrogen-bond donors (Lipinski definition) is 3. The van der Waals surface area contributed by atoms with Crippen LogP contribution in [0.3, 0.4) is 0 Å². The Hall–Kier alpha value is -2.37. The van der Waals surface area contributed by atoms with Crippen LogP contribution in [0.1, 0.15) is 64.6 Å². The molecule has 0 aromatic heterocycles. The number of carbonyl (C=O) groups excluding carboxylic acids is 1. The van der Waals surface area contributed by atoms with Crippen LogP contribution >= 0.6 is 0 Å². The van der Waals surface area contributed by atoms with E-state index in [-0.39, 0.29) is 0 Å². The molecular formula is C25H35NO4. The van der Waals surface area contributed by atoms with E-state index in [1.165, 1.54) is 6.92 Å². The van der Waals surface area contributed by atoms with Gasteiger partial charge in [0.15, 0.2) is 5.60 Å². The summed E-state index contributed by atoms with van der Waals surface area (Å²) in [5.41, 5.74) is -1.74. The van der Waals surface area contributed by atoms with E-state index in [0.29, 0.717) is 18.1 Å². The minimum atomic E-state index is -1.72. The third-order valence-electron chi connectivity index (χ3n) is 5.29. The summed E-state index contributed by atoms with van der Waals surface area (Å²) in [4.78, 5) is 12.9. The van der Waals surface area contributed by atoms with Crippen molar-refractivity contribution in [2.45, 2.75) is 64.7 Å². The zero-order valence-electron chi connectivity index (χ0n) is 18.7. The molecule has 0 fully saturated rings. The van der Waals surface area contributed by atoms with Crippen LogP contribution in [-0.2, 0) is 10.4 Å². The first-order valence-electron chi connectivity index (χ1n) is 10.6. The van der Waals surface area contributed by atoms with Crippen molar-refractivity contribution < 1.29 is 19.7 Å². The Morgan fingerprint density at radius 1 is 1.03 bits per heavy atom. The average Bonchev–Trinajstić information content (AvgIpc) is 2.71. The fourth-order valence-electron chi connectivity index (χ4n) is 3.40. The molecule has 2 rings (SSSR count). The predicted octanol–water partition coefficient (Wildman–Crippen LogP) is 4.34. The highest BCUT2D eigenvalue weighted by molar-refractivity contribution is 5.86. The van der Waals surface area contributed by atoms with Gasteiger partial charge in [0.25, 0.3) is 5.91 Å². The van der Waals surface area contributed by atoms with Crippen LogP contribution < -0.4 is 10.1 Å². The maximum absolute atomic E-state index is 12.9. The lowest BCUT2D eigenvalue weighted by atomic mass is 9.89. The van der Waals surface area contributed by atoms with Crippen molar-refractivity contribution in [3.63, 3.8) is 0 Å². The first-order chi connectivity index (χ1) is 14.1. The van der Waals surface area contributed by atoms with Crippen LogP contribution in [0, 0.1) is 5.92 Å². The highest BCUT2D eigenvalue weighted by Gasteiger charge is 2.37. The molecule has 0 aliphatic heterocycles. The lowest BCUT2D eigenvalue weighted by Gasteiger charge is -2.33. The predicted molar refractivity (Wildman–Crippen MR) is 119 cm³/mol. The van der Waals surface area contributed by atoms with Crippen LogP contribution in [0.15, 0.2) is 54.6 Å². The maximum Gasteiger partial charge on any atom is 0.256 e. The second kappa shape index (κ2) is 10.1. The van der Waals surface area contributed by atoms with Crippen LogP contribution in [0.25, 0.3) is 0 Å². The summed E-state index contributed by atoms with van der Waals surface area (Å²) < 4.78 is 5.84. The molecule has 3 atom stereocenters. The largest absolute Gasteiger partial charge is 0.493 e. The number of aliphatic hydroxyl groups is 2. The van der Waals surface area contributed by atoms with Crippen LogP contribution in [-0.4, -0.2) is 28.3 Å². The van der Waals surface area contributed by atoms with E-state index in [4.69, 9.17) is 4.74 Å². The van der Waals surface area contributed by atoms with E-state index in [2.05, 4.69) is 19.2 Å². The van der Waals surface area contributed by atoms with Gasteiger partial charge in [0.2, 0.25) is 0 Å². The van der Waals surface area contributed by atoms with Gasteiger partial charge in [-0.1, -0.05) is 62.7 Å². The lowest BCUT2D eigenvalue weighted by molar-refractivity contribution is -0.141. The highest BCUT2D eigenvalue weighted by atomic mass is 16.5. The molecule has 0 saturated carbocycles. The number of rotatable bonds is 10. The lowest BCUT2D eigenvalue weighted by Crippen LogP contribution is -2.49. The summed E-state index contributed by atoms with van der Waals surface area (Å²) in [7, 11) is 0. The molecule has 0 bridgehead atoms. The summed E-state index contributed by atoms with van der Waals surface area (Å²) in [5.74, 6) is 0.659. The van der Waals surface area contributed by atoms with Gasteiger partial charge >= 0.3 is 0 Å². The minimum Gasteiger partial charge on any atom is -0.493 e. The summed E-state index contributed by atoms with van der Waals surface area (Å²) in [5, 5.41) is 24.3. The van der Waals surface area contributed by atoms with Gasteiger partial charge in [0.05, 0.1) is 18.2 Å². The molecule has 30 heavy (non-hydrogen) atoms. The molecule has 1 amide bonds. The third-order valence-corrected chi connectivity index (χ3v) is 5.29. The van der Waals surface area contributed by atoms with Crippen molar-refractivity contribution in [1.82, 2.24) is 5.32 Å². The SMILES string of the molecule is CCCC(C)COc1ccc([C@@H](NC(=O)[C@@](C)(O)c2ccccc2)C(C)(C)O)cc1. The van der Waals surface area contributed by atoms with Crippen molar-refractivity contribution in [3.8, 4) is 5.75 Å². The summed E-state index contributed by atoms with van der Waals surface area (Å²) in [6.07, 6.45) is 2.25. The van der Waals surface area contributed by atoms with E-state index in [0.717, 1.165) is 24.2 Å². The molecule has 5 nitrogen and oxygen atoms in total. The summed E-state index contributed by atoms with van der Waals surface area (Å²) in [6.45, 7) is 9.69. The molecule has 2 aromatic rings. The summed E-state index contributed by atoms with van der Waals surface area (Å²) in [6, 6.07) is 15.4. The Kier molecular flexibility index (Phi) is 8.04. The van der Waals surface area contributed by atoms with Crippen molar-refractivity contribution >= 4 is 5.91 Å². The van der Waals surface area contributed by atoms with E-state index in [9.17, 15) is 15.0 Å². The quantitative estimate of drug-likeness (QED) is 0.541. The minimum absolute atomic E-state index is 0.485. The zero-order valence-corrected chi connectivity index (χ0v) is 18.7. The van der Waals surface area contributed by atoms with Crippen molar-refractivity contribution in [3.05, 3.63) is 65.7 Å². The molecule has 0 aliphatic carbocycles. The van der Waals surface area contributed by atoms with E-state index >= 15 is 0 Å². The molecular weight excluding hydrogens is 378 g/mol. The molecule has 3 N–H and O–H groups in total.